The quantitative estimate of drug-likeness (QED) is 0.753. The Labute approximate surface area is 122 Å². The van der Waals surface area contributed by atoms with Gasteiger partial charge in [0, 0.05) is 25.9 Å². The average molecular weight is 288 g/mol. The molecule has 0 unspecified atom stereocenters. The second-order valence-electron chi connectivity index (χ2n) is 5.21. The van der Waals surface area contributed by atoms with E-state index < -0.39 is 0 Å². The molecule has 1 aromatic rings. The van der Waals surface area contributed by atoms with Crippen LogP contribution in [0.15, 0.2) is 30.3 Å². The summed E-state index contributed by atoms with van der Waals surface area (Å²) < 4.78 is 5.39. The highest BCUT2D eigenvalue weighted by Gasteiger charge is 2.42. The number of hydrogen-bond donors (Lipinski definition) is 0. The molecule has 21 heavy (non-hydrogen) atoms. The lowest BCUT2D eigenvalue weighted by Crippen LogP contribution is -2.62. The Hall–Kier alpha value is -2.37. The topological polar surface area (TPSA) is 66.9 Å². The fourth-order valence-electron chi connectivity index (χ4n) is 2.58. The molecule has 2 fully saturated rings. The van der Waals surface area contributed by atoms with Gasteiger partial charge in [-0.05, 0) is 12.1 Å². The Kier molecular flexibility index (Phi) is 3.60. The molecule has 3 rings (SSSR count). The van der Waals surface area contributed by atoms with Crippen LogP contribution in [-0.2, 0) is 14.4 Å². The van der Waals surface area contributed by atoms with E-state index in [1.165, 1.54) is 4.90 Å². The Bertz CT molecular complexity index is 550. The second-order valence-corrected chi connectivity index (χ2v) is 5.21. The summed E-state index contributed by atoms with van der Waals surface area (Å²) in [5.74, 6) is 0.261. The van der Waals surface area contributed by atoms with Crippen LogP contribution in [0.4, 0.5) is 0 Å². The van der Waals surface area contributed by atoms with E-state index in [-0.39, 0.29) is 30.4 Å². The number of hydrogen-bond acceptors (Lipinski definition) is 4. The summed E-state index contributed by atoms with van der Waals surface area (Å²) >= 11 is 0. The van der Waals surface area contributed by atoms with Crippen LogP contribution < -0.4 is 4.74 Å². The Morgan fingerprint density at radius 2 is 1.71 bits per heavy atom. The minimum Gasteiger partial charge on any atom is -0.484 e. The lowest BCUT2D eigenvalue weighted by Gasteiger charge is -2.42. The predicted molar refractivity (Wildman–Crippen MR) is 73.4 cm³/mol. The summed E-state index contributed by atoms with van der Waals surface area (Å²) in [6.45, 7) is 0.793. The minimum atomic E-state index is -0.159. The molecule has 0 radical (unpaired) electrons. The van der Waals surface area contributed by atoms with Gasteiger partial charge in [0.15, 0.2) is 6.61 Å². The van der Waals surface area contributed by atoms with E-state index in [0.29, 0.717) is 31.7 Å². The number of carbonyl (C=O) groups is 3. The SMILES string of the molecule is O=C(COc1ccccc1)N1CC(N2C(=O)CCC2=O)C1. The molecule has 0 saturated carbocycles. The smallest absolute Gasteiger partial charge is 0.260 e. The van der Waals surface area contributed by atoms with Gasteiger partial charge in [0.1, 0.15) is 5.75 Å². The van der Waals surface area contributed by atoms with Crippen LogP contribution in [0.3, 0.4) is 0 Å². The van der Waals surface area contributed by atoms with Crippen LogP contribution in [0, 0.1) is 0 Å². The normalized spacial score (nSPS) is 18.9. The van der Waals surface area contributed by atoms with Crippen molar-refractivity contribution < 1.29 is 19.1 Å². The number of carbonyl (C=O) groups excluding carboxylic acids is 3. The maximum atomic E-state index is 11.9. The summed E-state index contributed by atoms with van der Waals surface area (Å²) in [6.07, 6.45) is 0.584. The van der Waals surface area contributed by atoms with E-state index in [4.69, 9.17) is 4.74 Å². The fourth-order valence-corrected chi connectivity index (χ4v) is 2.58. The van der Waals surface area contributed by atoms with E-state index in [0.717, 1.165) is 0 Å². The van der Waals surface area contributed by atoms with Gasteiger partial charge in [-0.2, -0.15) is 0 Å². The highest BCUT2D eigenvalue weighted by molar-refractivity contribution is 6.02. The van der Waals surface area contributed by atoms with Gasteiger partial charge in [0.2, 0.25) is 11.8 Å². The van der Waals surface area contributed by atoms with Gasteiger partial charge < -0.3 is 9.64 Å². The first-order valence-electron chi connectivity index (χ1n) is 6.95. The third-order valence-corrected chi connectivity index (χ3v) is 3.78. The van der Waals surface area contributed by atoms with E-state index in [1.54, 1.807) is 17.0 Å². The maximum Gasteiger partial charge on any atom is 0.260 e. The van der Waals surface area contributed by atoms with Gasteiger partial charge in [-0.1, -0.05) is 18.2 Å². The van der Waals surface area contributed by atoms with Crippen LogP contribution in [0.1, 0.15) is 12.8 Å². The molecular formula is C15H16N2O4. The second kappa shape index (κ2) is 5.55. The van der Waals surface area contributed by atoms with Gasteiger partial charge in [-0.25, -0.2) is 0 Å². The number of imide groups is 1. The Morgan fingerprint density at radius 3 is 2.33 bits per heavy atom. The van der Waals surface area contributed by atoms with Crippen LogP contribution in [-0.4, -0.2) is 53.3 Å². The lowest BCUT2D eigenvalue weighted by molar-refractivity contribution is -0.152. The molecule has 0 aromatic heterocycles. The largest absolute Gasteiger partial charge is 0.484 e. The number of nitrogens with zero attached hydrogens (tertiary/aromatic N) is 2. The van der Waals surface area contributed by atoms with E-state index in [9.17, 15) is 14.4 Å². The number of rotatable bonds is 4. The molecule has 0 N–H and O–H groups in total. The highest BCUT2D eigenvalue weighted by Crippen LogP contribution is 2.22. The maximum absolute atomic E-state index is 11.9. The number of ether oxygens (including phenoxy) is 1. The molecule has 2 aliphatic heterocycles. The van der Waals surface area contributed by atoms with E-state index in [1.807, 2.05) is 18.2 Å². The molecule has 6 nitrogen and oxygen atoms in total. The first kappa shape index (κ1) is 13.6. The average Bonchev–Trinajstić information content (AvgIpc) is 2.77. The zero-order valence-electron chi connectivity index (χ0n) is 11.5. The number of para-hydroxylation sites is 1. The van der Waals surface area contributed by atoms with Gasteiger partial charge in [-0.3, -0.25) is 19.3 Å². The van der Waals surface area contributed by atoms with Crippen molar-refractivity contribution in [3.8, 4) is 5.75 Å². The summed E-state index contributed by atoms with van der Waals surface area (Å²) in [7, 11) is 0. The van der Waals surface area contributed by atoms with Crippen molar-refractivity contribution in [1.82, 2.24) is 9.80 Å². The molecule has 2 saturated heterocycles. The lowest BCUT2D eigenvalue weighted by atomic mass is 10.1. The molecule has 2 heterocycles. The Morgan fingerprint density at radius 1 is 1.10 bits per heavy atom. The zero-order valence-corrected chi connectivity index (χ0v) is 11.5. The van der Waals surface area contributed by atoms with Crippen LogP contribution in [0.2, 0.25) is 0 Å². The highest BCUT2D eigenvalue weighted by atomic mass is 16.5. The van der Waals surface area contributed by atoms with Gasteiger partial charge >= 0.3 is 0 Å². The number of amides is 3. The van der Waals surface area contributed by atoms with Crippen molar-refractivity contribution in [3.63, 3.8) is 0 Å². The standard InChI is InChI=1S/C15H16N2O4/c18-13-6-7-14(19)17(13)11-8-16(9-11)15(20)10-21-12-4-2-1-3-5-12/h1-5,11H,6-10H2. The fraction of sp³-hybridized carbons (Fsp3) is 0.400. The van der Waals surface area contributed by atoms with Crippen LogP contribution in [0.25, 0.3) is 0 Å². The molecule has 6 heteroatoms. The Balaban J connectivity index is 1.46. The van der Waals surface area contributed by atoms with Crippen molar-refractivity contribution >= 4 is 17.7 Å². The zero-order chi connectivity index (χ0) is 14.8. The summed E-state index contributed by atoms with van der Waals surface area (Å²) in [5, 5.41) is 0. The predicted octanol–water partition coefficient (Wildman–Crippen LogP) is 0.425. The van der Waals surface area contributed by atoms with Gasteiger partial charge in [0.05, 0.1) is 6.04 Å². The molecule has 0 atom stereocenters. The molecule has 0 aliphatic carbocycles. The summed E-state index contributed by atoms with van der Waals surface area (Å²) in [4.78, 5) is 38.0. The van der Waals surface area contributed by atoms with Crippen molar-refractivity contribution in [2.45, 2.75) is 18.9 Å². The molecule has 0 spiro atoms. The third-order valence-electron chi connectivity index (χ3n) is 3.78. The first-order valence-corrected chi connectivity index (χ1v) is 6.95. The summed E-state index contributed by atoms with van der Waals surface area (Å²) in [5.41, 5.74) is 0. The van der Waals surface area contributed by atoms with Crippen molar-refractivity contribution in [2.24, 2.45) is 0 Å². The molecule has 3 amide bonds. The van der Waals surface area contributed by atoms with E-state index in [2.05, 4.69) is 0 Å². The van der Waals surface area contributed by atoms with Crippen molar-refractivity contribution in [2.75, 3.05) is 19.7 Å². The molecule has 0 bridgehead atoms. The van der Waals surface area contributed by atoms with Crippen molar-refractivity contribution in [3.05, 3.63) is 30.3 Å². The van der Waals surface area contributed by atoms with Crippen LogP contribution >= 0.6 is 0 Å². The molecule has 1 aromatic carbocycles. The monoisotopic (exact) mass is 288 g/mol. The van der Waals surface area contributed by atoms with Crippen molar-refractivity contribution in [1.29, 1.82) is 0 Å². The van der Waals surface area contributed by atoms with E-state index >= 15 is 0 Å². The molecular weight excluding hydrogens is 272 g/mol. The molecule has 110 valence electrons. The minimum absolute atomic E-state index is 0.0291. The third kappa shape index (κ3) is 2.74. The van der Waals surface area contributed by atoms with Gasteiger partial charge in [0.25, 0.3) is 5.91 Å². The number of benzene rings is 1. The number of likely N-dealkylation sites (tertiary alicyclic amines) is 2. The summed E-state index contributed by atoms with van der Waals surface area (Å²) in [6, 6.07) is 8.96. The molecule has 2 aliphatic rings. The van der Waals surface area contributed by atoms with Crippen LogP contribution in [0.5, 0.6) is 5.75 Å². The van der Waals surface area contributed by atoms with Gasteiger partial charge in [-0.15, -0.1) is 0 Å². The first-order chi connectivity index (χ1) is 10.1.